The fraction of sp³-hybridized carbons (Fsp3) is 0.588. The van der Waals surface area contributed by atoms with Crippen LogP contribution in [-0.2, 0) is 0 Å². The van der Waals surface area contributed by atoms with Gasteiger partial charge in [0, 0.05) is 31.1 Å². The van der Waals surface area contributed by atoms with Gasteiger partial charge in [0.1, 0.15) is 0 Å². The lowest BCUT2D eigenvalue weighted by molar-refractivity contribution is 0.0967. The van der Waals surface area contributed by atoms with Crippen molar-refractivity contribution in [1.29, 1.82) is 0 Å². The Morgan fingerprint density at radius 1 is 1.33 bits per heavy atom. The Labute approximate surface area is 132 Å². The average Bonchev–Trinajstić information content (AvgIpc) is 2.95. The zero-order chi connectivity index (χ0) is 15.2. The molecule has 1 atom stereocenters. The van der Waals surface area contributed by atoms with Crippen LogP contribution in [0.1, 0.15) is 37.0 Å². The summed E-state index contributed by atoms with van der Waals surface area (Å²) in [4.78, 5) is 17.1. The molecule has 1 aliphatic rings. The van der Waals surface area contributed by atoms with Crippen molar-refractivity contribution in [3.63, 3.8) is 0 Å². The molecule has 1 unspecified atom stereocenters. The molecule has 0 amide bonds. The van der Waals surface area contributed by atoms with Crippen molar-refractivity contribution in [3.05, 3.63) is 34.9 Å². The van der Waals surface area contributed by atoms with Gasteiger partial charge in [-0.3, -0.25) is 9.69 Å². The molecular formula is C17H25ClN2O. The molecule has 1 fully saturated rings. The molecule has 1 aromatic carbocycles. The number of nitrogens with zero attached hydrogens (tertiary/aromatic N) is 2. The van der Waals surface area contributed by atoms with Crippen LogP contribution in [0, 0.1) is 0 Å². The number of halogens is 1. The molecule has 21 heavy (non-hydrogen) atoms. The number of likely N-dealkylation sites (tertiary alicyclic amines) is 1. The Bertz CT molecular complexity index is 474. The van der Waals surface area contributed by atoms with E-state index in [9.17, 15) is 4.79 Å². The summed E-state index contributed by atoms with van der Waals surface area (Å²) in [6, 6.07) is 7.96. The standard InChI is InChI=1S/C17H25ClN2O/c1-3-20(4-2)14-9-11-19(13-14)12-10-17(21)15-7-5-6-8-16(15)18/h5-8,14H,3-4,9-13H2,1-2H3. The van der Waals surface area contributed by atoms with Crippen molar-refractivity contribution in [2.24, 2.45) is 0 Å². The summed E-state index contributed by atoms with van der Waals surface area (Å²) in [5, 5.41) is 0.560. The number of ketones is 1. The molecule has 1 saturated heterocycles. The van der Waals surface area contributed by atoms with Gasteiger partial charge in [-0.25, -0.2) is 0 Å². The highest BCUT2D eigenvalue weighted by Gasteiger charge is 2.26. The second kappa shape index (κ2) is 7.92. The molecule has 1 aromatic rings. The zero-order valence-electron chi connectivity index (χ0n) is 13.0. The van der Waals surface area contributed by atoms with Crippen molar-refractivity contribution in [2.45, 2.75) is 32.7 Å². The Morgan fingerprint density at radius 3 is 2.71 bits per heavy atom. The molecule has 3 nitrogen and oxygen atoms in total. The monoisotopic (exact) mass is 308 g/mol. The first-order chi connectivity index (χ1) is 10.2. The van der Waals surface area contributed by atoms with Crippen LogP contribution < -0.4 is 0 Å². The largest absolute Gasteiger partial charge is 0.301 e. The number of hydrogen-bond acceptors (Lipinski definition) is 3. The lowest BCUT2D eigenvalue weighted by Crippen LogP contribution is -2.37. The molecular weight excluding hydrogens is 284 g/mol. The van der Waals surface area contributed by atoms with E-state index in [0.717, 1.165) is 32.7 Å². The van der Waals surface area contributed by atoms with E-state index >= 15 is 0 Å². The van der Waals surface area contributed by atoms with E-state index in [1.165, 1.54) is 6.42 Å². The summed E-state index contributed by atoms with van der Waals surface area (Å²) in [6.45, 7) is 9.65. The number of benzene rings is 1. The van der Waals surface area contributed by atoms with Gasteiger partial charge < -0.3 is 4.90 Å². The molecule has 2 rings (SSSR count). The third-order valence-corrected chi connectivity index (χ3v) is 4.74. The smallest absolute Gasteiger partial charge is 0.165 e. The van der Waals surface area contributed by atoms with Gasteiger partial charge in [-0.05, 0) is 38.2 Å². The van der Waals surface area contributed by atoms with Crippen LogP contribution in [0.2, 0.25) is 5.02 Å². The first-order valence-electron chi connectivity index (χ1n) is 7.89. The second-order valence-electron chi connectivity index (χ2n) is 5.62. The van der Waals surface area contributed by atoms with Crippen LogP contribution in [0.25, 0.3) is 0 Å². The second-order valence-corrected chi connectivity index (χ2v) is 6.02. The minimum Gasteiger partial charge on any atom is -0.301 e. The maximum atomic E-state index is 12.2. The fourth-order valence-electron chi connectivity index (χ4n) is 3.14. The highest BCUT2D eigenvalue weighted by atomic mass is 35.5. The molecule has 0 bridgehead atoms. The lowest BCUT2D eigenvalue weighted by Gasteiger charge is -2.26. The van der Waals surface area contributed by atoms with Gasteiger partial charge in [0.05, 0.1) is 5.02 Å². The molecule has 1 heterocycles. The van der Waals surface area contributed by atoms with Gasteiger partial charge >= 0.3 is 0 Å². The van der Waals surface area contributed by atoms with Crippen LogP contribution in [-0.4, -0.2) is 54.3 Å². The van der Waals surface area contributed by atoms with Gasteiger partial charge in [0.15, 0.2) is 5.78 Å². The predicted octanol–water partition coefficient (Wildman–Crippen LogP) is 3.33. The first-order valence-corrected chi connectivity index (χ1v) is 8.27. The van der Waals surface area contributed by atoms with E-state index in [2.05, 4.69) is 23.6 Å². The Hall–Kier alpha value is -0.900. The van der Waals surface area contributed by atoms with E-state index in [1.54, 1.807) is 6.07 Å². The van der Waals surface area contributed by atoms with Crippen LogP contribution in [0.5, 0.6) is 0 Å². The summed E-state index contributed by atoms with van der Waals surface area (Å²) in [5.74, 6) is 0.145. The van der Waals surface area contributed by atoms with Crippen LogP contribution in [0.15, 0.2) is 24.3 Å². The summed E-state index contributed by atoms with van der Waals surface area (Å²) in [6.07, 6.45) is 1.76. The van der Waals surface area contributed by atoms with Crippen LogP contribution in [0.4, 0.5) is 0 Å². The molecule has 4 heteroatoms. The minimum atomic E-state index is 0.145. The molecule has 0 N–H and O–H groups in total. The average molecular weight is 309 g/mol. The molecule has 0 saturated carbocycles. The maximum Gasteiger partial charge on any atom is 0.165 e. The molecule has 116 valence electrons. The van der Waals surface area contributed by atoms with Gasteiger partial charge in [-0.2, -0.15) is 0 Å². The van der Waals surface area contributed by atoms with Gasteiger partial charge in [-0.1, -0.05) is 37.6 Å². The molecule has 0 spiro atoms. The lowest BCUT2D eigenvalue weighted by atomic mass is 10.1. The number of carbonyl (C=O) groups is 1. The number of rotatable bonds is 7. The highest BCUT2D eigenvalue weighted by Crippen LogP contribution is 2.19. The van der Waals surface area contributed by atoms with E-state index in [1.807, 2.05) is 18.2 Å². The quantitative estimate of drug-likeness (QED) is 0.722. The zero-order valence-corrected chi connectivity index (χ0v) is 13.8. The van der Waals surface area contributed by atoms with E-state index in [-0.39, 0.29) is 5.78 Å². The van der Waals surface area contributed by atoms with E-state index < -0.39 is 0 Å². The highest BCUT2D eigenvalue weighted by molar-refractivity contribution is 6.33. The normalized spacial score (nSPS) is 19.3. The minimum absolute atomic E-state index is 0.145. The summed E-state index contributed by atoms with van der Waals surface area (Å²) in [5.41, 5.74) is 0.652. The summed E-state index contributed by atoms with van der Waals surface area (Å²) >= 11 is 6.08. The Morgan fingerprint density at radius 2 is 2.05 bits per heavy atom. The van der Waals surface area contributed by atoms with Gasteiger partial charge in [0.25, 0.3) is 0 Å². The molecule has 0 aliphatic carbocycles. The fourth-order valence-corrected chi connectivity index (χ4v) is 3.38. The van der Waals surface area contributed by atoms with Crippen LogP contribution in [0.3, 0.4) is 0 Å². The maximum absolute atomic E-state index is 12.2. The Kier molecular flexibility index (Phi) is 6.22. The van der Waals surface area contributed by atoms with Crippen molar-refractivity contribution >= 4 is 17.4 Å². The topological polar surface area (TPSA) is 23.6 Å². The van der Waals surface area contributed by atoms with Crippen molar-refractivity contribution in [1.82, 2.24) is 9.80 Å². The predicted molar refractivity (Wildman–Crippen MR) is 88.2 cm³/mol. The first kappa shape index (κ1) is 16.5. The van der Waals surface area contributed by atoms with Gasteiger partial charge in [0.2, 0.25) is 0 Å². The van der Waals surface area contributed by atoms with E-state index in [0.29, 0.717) is 23.0 Å². The number of likely N-dealkylation sites (N-methyl/N-ethyl adjacent to an activating group) is 1. The third-order valence-electron chi connectivity index (χ3n) is 4.41. The van der Waals surface area contributed by atoms with Crippen LogP contribution >= 0.6 is 11.6 Å². The number of Topliss-reactive ketones (excluding diaryl/α,β-unsaturated/α-hetero) is 1. The third kappa shape index (κ3) is 4.29. The summed E-state index contributed by atoms with van der Waals surface area (Å²) in [7, 11) is 0. The van der Waals surface area contributed by atoms with Gasteiger partial charge in [-0.15, -0.1) is 0 Å². The SMILES string of the molecule is CCN(CC)C1CCN(CCC(=O)c2ccccc2Cl)C1. The Balaban J connectivity index is 1.82. The van der Waals surface area contributed by atoms with Crippen molar-refractivity contribution in [2.75, 3.05) is 32.7 Å². The molecule has 0 radical (unpaired) electrons. The molecule has 0 aromatic heterocycles. The van der Waals surface area contributed by atoms with Crippen molar-refractivity contribution in [3.8, 4) is 0 Å². The summed E-state index contributed by atoms with van der Waals surface area (Å²) < 4.78 is 0. The van der Waals surface area contributed by atoms with E-state index in [4.69, 9.17) is 11.6 Å². The number of carbonyl (C=O) groups excluding carboxylic acids is 1. The molecule has 1 aliphatic heterocycles. The van der Waals surface area contributed by atoms with Crippen molar-refractivity contribution < 1.29 is 4.79 Å². The number of hydrogen-bond donors (Lipinski definition) is 0.